The van der Waals surface area contributed by atoms with Crippen LogP contribution < -0.4 is 10.6 Å². The van der Waals surface area contributed by atoms with Crippen molar-refractivity contribution < 1.29 is 14.1 Å². The van der Waals surface area contributed by atoms with E-state index in [1.54, 1.807) is 31.2 Å². The van der Waals surface area contributed by atoms with Gasteiger partial charge in [0.05, 0.1) is 10.8 Å². The average molecular weight is 486 g/mol. The number of amides is 2. The van der Waals surface area contributed by atoms with Gasteiger partial charge in [-0.25, -0.2) is 0 Å². The predicted octanol–water partition coefficient (Wildman–Crippen LogP) is 5.14. The van der Waals surface area contributed by atoms with E-state index in [0.717, 1.165) is 5.69 Å². The maximum atomic E-state index is 12.9. The van der Waals surface area contributed by atoms with Crippen LogP contribution in [0.4, 0.5) is 10.8 Å². The smallest absolute Gasteiger partial charge is 0.263 e. The lowest BCUT2D eigenvalue weighted by Gasteiger charge is -2.04. The van der Waals surface area contributed by atoms with Gasteiger partial charge >= 0.3 is 0 Å². The minimum Gasteiger partial charge on any atom is -0.360 e. The molecule has 0 aliphatic rings. The first-order valence-electron chi connectivity index (χ1n) is 9.35. The monoisotopic (exact) mass is 485 g/mol. The summed E-state index contributed by atoms with van der Waals surface area (Å²) in [6.07, 6.45) is 0. The molecule has 0 saturated heterocycles. The average Bonchev–Trinajstić information content (AvgIpc) is 3.39. The van der Waals surface area contributed by atoms with E-state index in [1.165, 1.54) is 23.1 Å². The number of halogens is 1. The standard InChI is InChI=1S/C21H16ClN5O3S2/c1-12-17(18(27-30-12)14-9-5-6-10-15(14)22)19(29)24-20-25-26-21(32-20)31-11-16(28)23-13-7-3-2-4-8-13/h2-10H,11H2,1H3,(H,23,28)(H,24,25,29). The van der Waals surface area contributed by atoms with Crippen LogP contribution in [0.1, 0.15) is 16.1 Å². The number of para-hydroxylation sites is 1. The first-order valence-corrected chi connectivity index (χ1v) is 11.5. The fourth-order valence-corrected chi connectivity index (χ4v) is 4.57. The van der Waals surface area contributed by atoms with E-state index in [4.69, 9.17) is 16.1 Å². The Labute approximate surface area is 196 Å². The molecule has 32 heavy (non-hydrogen) atoms. The molecule has 2 amide bonds. The summed E-state index contributed by atoms with van der Waals surface area (Å²) in [6, 6.07) is 16.2. The Balaban J connectivity index is 1.40. The molecule has 2 N–H and O–H groups in total. The Kier molecular flexibility index (Phi) is 6.84. The highest BCUT2D eigenvalue weighted by Gasteiger charge is 2.24. The van der Waals surface area contributed by atoms with Gasteiger partial charge in [0.1, 0.15) is 17.0 Å². The number of hydrogen-bond donors (Lipinski definition) is 2. The molecule has 0 atom stereocenters. The van der Waals surface area contributed by atoms with Gasteiger partial charge in [-0.3, -0.25) is 14.9 Å². The Morgan fingerprint density at radius 3 is 2.59 bits per heavy atom. The Bertz CT molecular complexity index is 1260. The van der Waals surface area contributed by atoms with Gasteiger partial charge in [0, 0.05) is 11.3 Å². The Morgan fingerprint density at radius 2 is 1.81 bits per heavy atom. The zero-order valence-electron chi connectivity index (χ0n) is 16.7. The van der Waals surface area contributed by atoms with E-state index in [0.29, 0.717) is 31.5 Å². The molecule has 2 heterocycles. The fourth-order valence-electron chi connectivity index (χ4n) is 2.80. The lowest BCUT2D eigenvalue weighted by molar-refractivity contribution is -0.113. The van der Waals surface area contributed by atoms with Crippen molar-refractivity contribution in [2.24, 2.45) is 0 Å². The predicted molar refractivity (Wildman–Crippen MR) is 125 cm³/mol. The molecule has 8 nitrogen and oxygen atoms in total. The summed E-state index contributed by atoms with van der Waals surface area (Å²) >= 11 is 8.65. The van der Waals surface area contributed by atoms with Crippen LogP contribution in [-0.4, -0.2) is 32.9 Å². The molecular weight excluding hydrogens is 470 g/mol. The quantitative estimate of drug-likeness (QED) is 0.275. The molecule has 0 aliphatic heterocycles. The highest BCUT2D eigenvalue weighted by atomic mass is 35.5. The van der Waals surface area contributed by atoms with Crippen LogP contribution in [0.3, 0.4) is 0 Å². The van der Waals surface area contributed by atoms with Gasteiger partial charge in [-0.1, -0.05) is 76.3 Å². The van der Waals surface area contributed by atoms with Crippen molar-refractivity contribution in [3.63, 3.8) is 0 Å². The second kappa shape index (κ2) is 9.94. The normalized spacial score (nSPS) is 10.7. The molecule has 2 aromatic heterocycles. The minimum absolute atomic E-state index is 0.161. The van der Waals surface area contributed by atoms with Gasteiger partial charge in [0.2, 0.25) is 11.0 Å². The van der Waals surface area contributed by atoms with Crippen molar-refractivity contribution in [2.45, 2.75) is 11.3 Å². The highest BCUT2D eigenvalue weighted by Crippen LogP contribution is 2.32. The molecular formula is C21H16ClN5O3S2. The summed E-state index contributed by atoms with van der Waals surface area (Å²) in [7, 11) is 0. The molecule has 4 rings (SSSR count). The van der Waals surface area contributed by atoms with Crippen LogP contribution in [-0.2, 0) is 4.79 Å². The van der Waals surface area contributed by atoms with E-state index in [-0.39, 0.29) is 17.2 Å². The van der Waals surface area contributed by atoms with E-state index < -0.39 is 5.91 Å². The number of thioether (sulfide) groups is 1. The fraction of sp³-hybridized carbons (Fsp3) is 0.0952. The van der Waals surface area contributed by atoms with E-state index >= 15 is 0 Å². The van der Waals surface area contributed by atoms with Gasteiger partial charge in [-0.05, 0) is 25.1 Å². The number of aryl methyl sites for hydroxylation is 1. The number of aromatic nitrogens is 3. The zero-order valence-corrected chi connectivity index (χ0v) is 19.1. The molecule has 0 aliphatic carbocycles. The van der Waals surface area contributed by atoms with Gasteiger partial charge in [-0.15, -0.1) is 10.2 Å². The first kappa shape index (κ1) is 22.0. The van der Waals surface area contributed by atoms with Crippen LogP contribution in [0.5, 0.6) is 0 Å². The van der Waals surface area contributed by atoms with Crippen molar-refractivity contribution in [3.05, 3.63) is 70.9 Å². The van der Waals surface area contributed by atoms with E-state index in [9.17, 15) is 9.59 Å². The molecule has 0 fully saturated rings. The zero-order chi connectivity index (χ0) is 22.5. The van der Waals surface area contributed by atoms with Crippen LogP contribution in [0.15, 0.2) is 63.5 Å². The molecule has 0 radical (unpaired) electrons. The van der Waals surface area contributed by atoms with E-state index in [2.05, 4.69) is 26.0 Å². The van der Waals surface area contributed by atoms with Crippen LogP contribution >= 0.6 is 34.7 Å². The van der Waals surface area contributed by atoms with Crippen LogP contribution in [0, 0.1) is 6.92 Å². The number of carbonyl (C=O) groups is 2. The van der Waals surface area contributed by atoms with Gasteiger partial charge < -0.3 is 9.84 Å². The molecule has 0 spiro atoms. The largest absolute Gasteiger partial charge is 0.360 e. The topological polar surface area (TPSA) is 110 Å². The highest BCUT2D eigenvalue weighted by molar-refractivity contribution is 8.01. The SMILES string of the molecule is Cc1onc(-c2ccccc2Cl)c1C(=O)Nc1nnc(SCC(=O)Nc2ccccc2)s1. The molecule has 2 aromatic carbocycles. The summed E-state index contributed by atoms with van der Waals surface area (Å²) in [5, 5.41) is 18.3. The maximum Gasteiger partial charge on any atom is 0.263 e. The Hall–Kier alpha value is -3.21. The third kappa shape index (κ3) is 5.16. The number of nitrogens with one attached hydrogen (secondary N) is 2. The van der Waals surface area contributed by atoms with E-state index in [1.807, 2.05) is 30.3 Å². The summed E-state index contributed by atoms with van der Waals surface area (Å²) < 4.78 is 5.78. The van der Waals surface area contributed by atoms with Crippen molar-refractivity contribution in [2.75, 3.05) is 16.4 Å². The number of anilines is 2. The molecule has 11 heteroatoms. The van der Waals surface area contributed by atoms with Crippen molar-refractivity contribution in [3.8, 4) is 11.3 Å². The Morgan fingerprint density at radius 1 is 1.06 bits per heavy atom. The molecule has 0 saturated carbocycles. The third-order valence-corrected chi connectivity index (χ3v) is 6.53. The van der Waals surface area contributed by atoms with Gasteiger partial charge in [0.15, 0.2) is 4.34 Å². The third-order valence-electron chi connectivity index (χ3n) is 4.23. The molecule has 0 unspecified atom stereocenters. The number of carbonyl (C=O) groups excluding carboxylic acids is 2. The lowest BCUT2D eigenvalue weighted by atomic mass is 10.1. The maximum absolute atomic E-state index is 12.9. The van der Waals surface area contributed by atoms with Crippen LogP contribution in [0.2, 0.25) is 5.02 Å². The number of rotatable bonds is 7. The molecule has 0 bridgehead atoms. The number of nitrogens with zero attached hydrogens (tertiary/aromatic N) is 3. The van der Waals surface area contributed by atoms with Crippen LogP contribution in [0.25, 0.3) is 11.3 Å². The second-order valence-electron chi connectivity index (χ2n) is 6.47. The summed E-state index contributed by atoms with van der Waals surface area (Å²) in [5.74, 6) is -0.0763. The molecule has 4 aromatic rings. The van der Waals surface area contributed by atoms with Gasteiger partial charge in [-0.2, -0.15) is 0 Å². The van der Waals surface area contributed by atoms with Crippen molar-refractivity contribution in [1.29, 1.82) is 0 Å². The molecule has 162 valence electrons. The number of hydrogen-bond acceptors (Lipinski definition) is 8. The van der Waals surface area contributed by atoms with Gasteiger partial charge in [0.25, 0.3) is 5.91 Å². The summed E-state index contributed by atoms with van der Waals surface area (Å²) in [4.78, 5) is 25.0. The van der Waals surface area contributed by atoms with Crippen molar-refractivity contribution >= 4 is 57.3 Å². The first-order chi connectivity index (χ1) is 15.5. The minimum atomic E-state index is -0.437. The lowest BCUT2D eigenvalue weighted by Crippen LogP contribution is -2.13. The second-order valence-corrected chi connectivity index (χ2v) is 9.08. The summed E-state index contributed by atoms with van der Waals surface area (Å²) in [6.45, 7) is 1.65. The van der Waals surface area contributed by atoms with Crippen molar-refractivity contribution in [1.82, 2.24) is 15.4 Å². The number of benzene rings is 2. The summed E-state index contributed by atoms with van der Waals surface area (Å²) in [5.41, 5.74) is 1.93.